The monoisotopic (exact) mass is 185 g/mol. The second-order valence-corrected chi connectivity index (χ2v) is 3.31. The van der Waals surface area contributed by atoms with Crippen molar-refractivity contribution in [3.05, 3.63) is 35.7 Å². The molecule has 4 nitrogen and oxygen atoms in total. The van der Waals surface area contributed by atoms with Crippen molar-refractivity contribution in [2.45, 2.75) is 6.42 Å². The molecule has 1 N–H and O–H groups in total. The van der Waals surface area contributed by atoms with E-state index >= 15 is 0 Å². The molecular weight excluding hydrogens is 178 g/mol. The van der Waals surface area contributed by atoms with Crippen molar-refractivity contribution in [1.29, 1.82) is 0 Å². The molecule has 0 bridgehead atoms. The molecule has 0 radical (unpaired) electrons. The zero-order valence-electron chi connectivity index (χ0n) is 7.31. The van der Waals surface area contributed by atoms with E-state index in [1.807, 2.05) is 6.07 Å². The van der Waals surface area contributed by atoms with Gasteiger partial charge in [-0.3, -0.25) is 0 Å². The fourth-order valence-corrected chi connectivity index (χ4v) is 1.82. The summed E-state index contributed by atoms with van der Waals surface area (Å²) in [6.07, 6.45) is 2.44. The molecule has 1 aromatic carbocycles. The molecule has 0 fully saturated rings. The predicted molar refractivity (Wildman–Crippen MR) is 49.7 cm³/mol. The van der Waals surface area contributed by atoms with Crippen molar-refractivity contribution >= 4 is 0 Å². The van der Waals surface area contributed by atoms with Gasteiger partial charge in [-0.05, 0) is 28.5 Å². The average molecular weight is 185 g/mol. The minimum absolute atomic E-state index is 0.289. The van der Waals surface area contributed by atoms with Crippen molar-refractivity contribution in [1.82, 2.24) is 15.4 Å². The van der Waals surface area contributed by atoms with Crippen LogP contribution in [0.2, 0.25) is 0 Å². The van der Waals surface area contributed by atoms with E-state index in [1.165, 1.54) is 0 Å². The van der Waals surface area contributed by atoms with E-state index in [0.717, 1.165) is 28.8 Å². The largest absolute Gasteiger partial charge is 0.508 e. The number of fused-ring (bicyclic) bond motifs is 3. The molecule has 4 heteroatoms. The van der Waals surface area contributed by atoms with Gasteiger partial charge in [0.05, 0.1) is 11.9 Å². The Morgan fingerprint density at radius 3 is 3.07 bits per heavy atom. The number of phenolic OH excluding ortho intramolecular Hbond substituents is 1. The van der Waals surface area contributed by atoms with E-state index in [4.69, 9.17) is 0 Å². The van der Waals surface area contributed by atoms with Gasteiger partial charge in [-0.2, -0.15) is 0 Å². The fourth-order valence-electron chi connectivity index (χ4n) is 1.82. The number of nitrogens with zero attached hydrogens (tertiary/aromatic N) is 3. The number of hydrogen-bond donors (Lipinski definition) is 1. The maximum absolute atomic E-state index is 9.32. The van der Waals surface area contributed by atoms with Crippen LogP contribution < -0.4 is 0 Å². The third-order valence-electron chi connectivity index (χ3n) is 2.45. The Balaban J connectivity index is 2.27. The number of aromatic nitrogens is 3. The van der Waals surface area contributed by atoms with Crippen LogP contribution in [0.1, 0.15) is 11.3 Å². The maximum Gasteiger partial charge on any atom is 0.115 e. The summed E-state index contributed by atoms with van der Waals surface area (Å²) in [7, 11) is 0. The first-order chi connectivity index (χ1) is 6.84. The lowest BCUT2D eigenvalue weighted by Gasteiger charge is -1.98. The molecule has 1 aliphatic carbocycles. The standard InChI is InChI=1S/C10H7N3O/c14-7-1-2-8-6(3-7)4-10-9(8)5-11-13-12-10/h1-3,5,14H,4H2. The van der Waals surface area contributed by atoms with E-state index in [1.54, 1.807) is 18.3 Å². The Morgan fingerprint density at radius 2 is 2.14 bits per heavy atom. The molecule has 1 aliphatic rings. The van der Waals surface area contributed by atoms with Crippen LogP contribution >= 0.6 is 0 Å². The smallest absolute Gasteiger partial charge is 0.115 e. The van der Waals surface area contributed by atoms with Crippen molar-refractivity contribution < 1.29 is 5.11 Å². The SMILES string of the molecule is Oc1ccc2c(c1)Cc1nnncc1-2. The highest BCUT2D eigenvalue weighted by Gasteiger charge is 2.20. The van der Waals surface area contributed by atoms with Gasteiger partial charge < -0.3 is 5.11 Å². The number of aromatic hydroxyl groups is 1. The lowest BCUT2D eigenvalue weighted by molar-refractivity contribution is 0.475. The lowest BCUT2D eigenvalue weighted by Crippen LogP contribution is -1.91. The molecular formula is C10H7N3O. The molecule has 1 aromatic heterocycles. The molecule has 0 atom stereocenters. The second-order valence-electron chi connectivity index (χ2n) is 3.31. The van der Waals surface area contributed by atoms with Crippen LogP contribution in [0.15, 0.2) is 24.4 Å². The molecule has 0 aliphatic heterocycles. The van der Waals surface area contributed by atoms with Gasteiger partial charge in [0.25, 0.3) is 0 Å². The van der Waals surface area contributed by atoms with Gasteiger partial charge in [0.1, 0.15) is 5.75 Å². The number of phenols is 1. The molecule has 3 rings (SSSR count). The molecule has 0 amide bonds. The minimum atomic E-state index is 0.289. The summed E-state index contributed by atoms with van der Waals surface area (Å²) in [5, 5.41) is 20.6. The highest BCUT2D eigenvalue weighted by atomic mass is 16.3. The second kappa shape index (κ2) is 2.51. The molecule has 68 valence electrons. The minimum Gasteiger partial charge on any atom is -0.508 e. The highest BCUT2D eigenvalue weighted by molar-refractivity contribution is 5.74. The summed E-state index contributed by atoms with van der Waals surface area (Å²) in [5.41, 5.74) is 4.14. The maximum atomic E-state index is 9.32. The predicted octanol–water partition coefficient (Wildman–Crippen LogP) is 1.15. The molecule has 1 heterocycles. The Bertz CT molecular complexity index is 510. The van der Waals surface area contributed by atoms with Gasteiger partial charge >= 0.3 is 0 Å². The summed E-state index contributed by atoms with van der Waals surface area (Å²) in [5.74, 6) is 0.289. The Morgan fingerprint density at radius 1 is 1.21 bits per heavy atom. The number of benzene rings is 1. The van der Waals surface area contributed by atoms with Gasteiger partial charge in [-0.25, -0.2) is 0 Å². The lowest BCUT2D eigenvalue weighted by atomic mass is 10.1. The molecule has 14 heavy (non-hydrogen) atoms. The van der Waals surface area contributed by atoms with Crippen LogP contribution in [-0.2, 0) is 6.42 Å². The number of hydrogen-bond acceptors (Lipinski definition) is 4. The van der Waals surface area contributed by atoms with E-state index in [2.05, 4.69) is 15.4 Å². The third kappa shape index (κ3) is 0.907. The summed E-state index contributed by atoms with van der Waals surface area (Å²) < 4.78 is 0. The van der Waals surface area contributed by atoms with Gasteiger partial charge in [-0.15, -0.1) is 10.2 Å². The zero-order valence-corrected chi connectivity index (χ0v) is 7.31. The first-order valence-electron chi connectivity index (χ1n) is 4.34. The van der Waals surface area contributed by atoms with Crippen molar-refractivity contribution in [2.24, 2.45) is 0 Å². The van der Waals surface area contributed by atoms with E-state index in [-0.39, 0.29) is 5.75 Å². The van der Waals surface area contributed by atoms with Crippen LogP contribution in [0.4, 0.5) is 0 Å². The van der Waals surface area contributed by atoms with Crippen LogP contribution in [0.3, 0.4) is 0 Å². The summed E-state index contributed by atoms with van der Waals surface area (Å²) in [6, 6.07) is 5.32. The van der Waals surface area contributed by atoms with Crippen molar-refractivity contribution in [3.63, 3.8) is 0 Å². The topological polar surface area (TPSA) is 58.9 Å². The highest BCUT2D eigenvalue weighted by Crippen LogP contribution is 2.35. The molecule has 0 saturated carbocycles. The Labute approximate surface area is 80.2 Å². The van der Waals surface area contributed by atoms with Gasteiger partial charge in [0.2, 0.25) is 0 Å². The summed E-state index contributed by atoms with van der Waals surface area (Å²) >= 11 is 0. The van der Waals surface area contributed by atoms with Crippen LogP contribution in [0.25, 0.3) is 11.1 Å². The van der Waals surface area contributed by atoms with Crippen molar-refractivity contribution in [2.75, 3.05) is 0 Å². The van der Waals surface area contributed by atoms with E-state index in [9.17, 15) is 5.11 Å². The fraction of sp³-hybridized carbons (Fsp3) is 0.100. The quantitative estimate of drug-likeness (QED) is 0.570. The Hall–Kier alpha value is -1.97. The summed E-state index contributed by atoms with van der Waals surface area (Å²) in [6.45, 7) is 0. The van der Waals surface area contributed by atoms with Crippen LogP contribution in [0.5, 0.6) is 5.75 Å². The number of rotatable bonds is 0. The first kappa shape index (κ1) is 7.44. The van der Waals surface area contributed by atoms with Gasteiger partial charge in [0, 0.05) is 12.0 Å². The first-order valence-corrected chi connectivity index (χ1v) is 4.34. The third-order valence-corrected chi connectivity index (χ3v) is 2.45. The Kier molecular flexibility index (Phi) is 1.33. The molecule has 0 saturated heterocycles. The zero-order chi connectivity index (χ0) is 9.54. The molecule has 0 unspecified atom stereocenters. The molecule has 0 spiro atoms. The van der Waals surface area contributed by atoms with E-state index < -0.39 is 0 Å². The average Bonchev–Trinajstić information content (AvgIpc) is 2.54. The van der Waals surface area contributed by atoms with Crippen LogP contribution in [-0.4, -0.2) is 20.5 Å². The van der Waals surface area contributed by atoms with E-state index in [0.29, 0.717) is 0 Å². The normalized spacial score (nSPS) is 12.3. The van der Waals surface area contributed by atoms with Crippen molar-refractivity contribution in [3.8, 4) is 16.9 Å². The van der Waals surface area contributed by atoms with Gasteiger partial charge in [-0.1, -0.05) is 6.07 Å². The summed E-state index contributed by atoms with van der Waals surface area (Å²) in [4.78, 5) is 0. The van der Waals surface area contributed by atoms with Gasteiger partial charge in [0.15, 0.2) is 0 Å². The van der Waals surface area contributed by atoms with Crippen LogP contribution in [0, 0.1) is 0 Å². The molecule has 2 aromatic rings.